The van der Waals surface area contributed by atoms with Crippen molar-refractivity contribution >= 4 is 27.5 Å². The highest BCUT2D eigenvalue weighted by atomic mass is 35.5. The molecule has 1 fully saturated rings. The third-order valence-electron chi connectivity index (χ3n) is 6.25. The van der Waals surface area contributed by atoms with Gasteiger partial charge < -0.3 is 4.18 Å². The normalized spacial score (nSPS) is 28.2. The molecule has 150 valence electrons. The van der Waals surface area contributed by atoms with Crippen LogP contribution in [0.4, 0.5) is 13.2 Å². The molecule has 1 aromatic rings. The summed E-state index contributed by atoms with van der Waals surface area (Å²) in [6.07, 6.45) is 2.84. The van der Waals surface area contributed by atoms with Crippen LogP contribution in [0.2, 0.25) is 5.02 Å². The second kappa shape index (κ2) is 6.11. The van der Waals surface area contributed by atoms with Crippen LogP contribution in [0.5, 0.6) is 5.75 Å². The Morgan fingerprint density at radius 3 is 2.19 bits per heavy atom. The molecule has 0 aliphatic heterocycles. The van der Waals surface area contributed by atoms with Crippen molar-refractivity contribution in [2.24, 2.45) is 11.3 Å². The number of Topliss-reactive ketones (excluding diaryl/α,β-unsaturated/α-hetero) is 1. The van der Waals surface area contributed by atoms with E-state index in [9.17, 15) is 26.4 Å². The van der Waals surface area contributed by atoms with Crippen molar-refractivity contribution in [2.45, 2.75) is 57.4 Å². The van der Waals surface area contributed by atoms with Crippen molar-refractivity contribution in [3.8, 4) is 5.75 Å². The van der Waals surface area contributed by atoms with Crippen LogP contribution in [0.25, 0.3) is 0 Å². The van der Waals surface area contributed by atoms with E-state index in [0.29, 0.717) is 18.4 Å². The minimum Gasteiger partial charge on any atom is -0.374 e. The molecular formula is C18H20ClF3O4S. The van der Waals surface area contributed by atoms with Crippen LogP contribution < -0.4 is 4.18 Å². The smallest absolute Gasteiger partial charge is 0.374 e. The Hall–Kier alpha value is -1.28. The first-order valence-electron chi connectivity index (χ1n) is 8.63. The van der Waals surface area contributed by atoms with E-state index in [4.69, 9.17) is 11.6 Å². The van der Waals surface area contributed by atoms with E-state index in [1.54, 1.807) is 0 Å². The predicted molar refractivity (Wildman–Crippen MR) is 94.5 cm³/mol. The summed E-state index contributed by atoms with van der Waals surface area (Å²) in [5.41, 5.74) is -5.69. The summed E-state index contributed by atoms with van der Waals surface area (Å²) >= 11 is 6.05. The molecule has 0 heterocycles. The maximum absolute atomic E-state index is 13.4. The monoisotopic (exact) mass is 424 g/mol. The molecule has 1 saturated carbocycles. The summed E-state index contributed by atoms with van der Waals surface area (Å²) in [5.74, 6) is -0.816. The standard InChI is InChI=1S/C18H20ClF3O4S/c1-10(2)17-6-4-16(3,5-7-17)12-9-13(19)14(8-11(12)15(17)23)26-27(24,25)18(20,21)22/h8-10H,4-7H2,1-3H3. The third-order valence-corrected chi connectivity index (χ3v) is 7.51. The van der Waals surface area contributed by atoms with Crippen molar-refractivity contribution in [1.29, 1.82) is 0 Å². The SMILES string of the molecule is CC(C)C12CCC(C)(CC1)c1cc(Cl)c(OS(=O)(=O)C(F)(F)F)cc1C2=O. The van der Waals surface area contributed by atoms with Crippen molar-refractivity contribution < 1.29 is 30.6 Å². The zero-order valence-corrected chi connectivity index (χ0v) is 16.7. The third kappa shape index (κ3) is 3.05. The predicted octanol–water partition coefficient (Wildman–Crippen LogP) is 5.24. The van der Waals surface area contributed by atoms with Gasteiger partial charge in [-0.05, 0) is 54.7 Å². The van der Waals surface area contributed by atoms with Crippen molar-refractivity contribution in [3.05, 3.63) is 28.3 Å². The number of carbonyl (C=O) groups excluding carboxylic acids is 1. The van der Waals surface area contributed by atoms with Crippen LogP contribution in [0.1, 0.15) is 62.4 Å². The molecule has 4 rings (SSSR count). The highest BCUT2D eigenvalue weighted by molar-refractivity contribution is 7.88. The van der Waals surface area contributed by atoms with Gasteiger partial charge in [-0.15, -0.1) is 0 Å². The maximum Gasteiger partial charge on any atom is 0.534 e. The van der Waals surface area contributed by atoms with Gasteiger partial charge in [-0.2, -0.15) is 21.6 Å². The van der Waals surface area contributed by atoms with E-state index in [0.717, 1.165) is 18.9 Å². The van der Waals surface area contributed by atoms with Gasteiger partial charge in [0.15, 0.2) is 11.5 Å². The maximum atomic E-state index is 13.4. The molecule has 0 radical (unpaired) electrons. The Balaban J connectivity index is 2.18. The fourth-order valence-electron chi connectivity index (χ4n) is 4.32. The van der Waals surface area contributed by atoms with Gasteiger partial charge in [-0.1, -0.05) is 32.4 Å². The molecule has 0 spiro atoms. The van der Waals surface area contributed by atoms with Crippen molar-refractivity contribution in [2.75, 3.05) is 0 Å². The van der Waals surface area contributed by atoms with E-state index >= 15 is 0 Å². The Morgan fingerprint density at radius 2 is 1.70 bits per heavy atom. The first kappa shape index (κ1) is 20.5. The van der Waals surface area contributed by atoms with Gasteiger partial charge in [0.1, 0.15) is 0 Å². The number of benzene rings is 1. The van der Waals surface area contributed by atoms with Gasteiger partial charge >= 0.3 is 15.6 Å². The topological polar surface area (TPSA) is 60.4 Å². The van der Waals surface area contributed by atoms with Crippen LogP contribution >= 0.6 is 11.6 Å². The van der Waals surface area contributed by atoms with Crippen LogP contribution in [-0.4, -0.2) is 19.7 Å². The van der Waals surface area contributed by atoms with Gasteiger partial charge in [-0.25, -0.2) is 0 Å². The molecule has 3 aliphatic carbocycles. The number of halogens is 4. The number of carbonyl (C=O) groups is 1. The lowest BCUT2D eigenvalue weighted by Gasteiger charge is -2.42. The Morgan fingerprint density at radius 1 is 1.15 bits per heavy atom. The molecular weight excluding hydrogens is 405 g/mol. The molecule has 9 heteroatoms. The summed E-state index contributed by atoms with van der Waals surface area (Å²) in [4.78, 5) is 13.4. The summed E-state index contributed by atoms with van der Waals surface area (Å²) in [6.45, 7) is 5.90. The Labute approximate surface area is 161 Å². The molecule has 27 heavy (non-hydrogen) atoms. The van der Waals surface area contributed by atoms with Gasteiger partial charge in [0.2, 0.25) is 0 Å². The van der Waals surface area contributed by atoms with E-state index in [1.165, 1.54) is 6.07 Å². The van der Waals surface area contributed by atoms with Crippen LogP contribution in [0.15, 0.2) is 12.1 Å². The van der Waals surface area contributed by atoms with E-state index in [1.807, 2.05) is 20.8 Å². The number of hydrogen-bond donors (Lipinski definition) is 0. The Bertz CT molecular complexity index is 898. The quantitative estimate of drug-likeness (QED) is 0.492. The van der Waals surface area contributed by atoms with Gasteiger partial charge in [0, 0.05) is 11.0 Å². The molecule has 2 bridgehead atoms. The molecule has 0 N–H and O–H groups in total. The molecule has 0 amide bonds. The number of alkyl halides is 3. The first-order valence-corrected chi connectivity index (χ1v) is 10.4. The molecule has 0 unspecified atom stereocenters. The second-order valence-corrected chi connectivity index (χ2v) is 9.96. The minimum absolute atomic E-state index is 0.0412. The molecule has 3 aliphatic rings. The van der Waals surface area contributed by atoms with Crippen molar-refractivity contribution in [1.82, 2.24) is 0 Å². The van der Waals surface area contributed by atoms with Crippen LogP contribution in [0, 0.1) is 11.3 Å². The first-order chi connectivity index (χ1) is 12.2. The fourth-order valence-corrected chi connectivity index (χ4v) is 5.04. The Kier molecular flexibility index (Phi) is 4.63. The highest BCUT2D eigenvalue weighted by Gasteiger charge is 2.53. The lowest BCUT2D eigenvalue weighted by molar-refractivity contribution is -0.0500. The second-order valence-electron chi connectivity index (χ2n) is 8.01. The number of hydrogen-bond acceptors (Lipinski definition) is 4. The summed E-state index contributed by atoms with van der Waals surface area (Å²) in [5, 5.41) is -0.264. The fraction of sp³-hybridized carbons (Fsp3) is 0.611. The number of ketones is 1. The van der Waals surface area contributed by atoms with Gasteiger partial charge in [-0.3, -0.25) is 4.79 Å². The van der Waals surface area contributed by atoms with Gasteiger partial charge in [0.25, 0.3) is 0 Å². The van der Waals surface area contributed by atoms with Gasteiger partial charge in [0.05, 0.1) is 5.02 Å². The molecule has 0 saturated heterocycles. The lowest BCUT2D eigenvalue weighted by atomic mass is 9.60. The van der Waals surface area contributed by atoms with E-state index < -0.39 is 26.8 Å². The molecule has 0 atom stereocenters. The summed E-state index contributed by atoms with van der Waals surface area (Å²) in [7, 11) is -5.88. The lowest BCUT2D eigenvalue weighted by Crippen LogP contribution is -2.39. The van der Waals surface area contributed by atoms with Crippen molar-refractivity contribution in [3.63, 3.8) is 0 Å². The summed E-state index contributed by atoms with van der Waals surface area (Å²) in [6, 6.07) is 2.45. The van der Waals surface area contributed by atoms with E-state index in [2.05, 4.69) is 4.18 Å². The number of rotatable bonds is 3. The zero-order chi connectivity index (χ0) is 20.4. The molecule has 0 aromatic heterocycles. The van der Waals surface area contributed by atoms with E-state index in [-0.39, 0.29) is 27.7 Å². The zero-order valence-electron chi connectivity index (χ0n) is 15.1. The average Bonchev–Trinajstić information content (AvgIpc) is 2.68. The minimum atomic E-state index is -5.88. The largest absolute Gasteiger partial charge is 0.534 e. The molecule has 4 nitrogen and oxygen atoms in total. The highest BCUT2D eigenvalue weighted by Crippen LogP contribution is 2.57. The number of fused-ring (bicyclic) bond motifs is 2. The van der Waals surface area contributed by atoms with Crippen LogP contribution in [-0.2, 0) is 15.5 Å². The summed E-state index contributed by atoms with van der Waals surface area (Å²) < 4.78 is 65.0. The average molecular weight is 425 g/mol. The van der Waals surface area contributed by atoms with Crippen LogP contribution in [0.3, 0.4) is 0 Å². The molecule has 1 aromatic carbocycles.